The minimum Gasteiger partial charge on any atom is -0.358 e. The minimum atomic E-state index is -3.81. The van der Waals surface area contributed by atoms with Crippen LogP contribution in [-0.4, -0.2) is 55.5 Å². The third kappa shape index (κ3) is 4.09. The number of hydrogen-bond acceptors (Lipinski definition) is 4. The molecule has 0 N–H and O–H groups in total. The Morgan fingerprint density at radius 1 is 1.21 bits per heavy atom. The highest BCUT2D eigenvalue weighted by molar-refractivity contribution is 7.89. The van der Waals surface area contributed by atoms with Crippen LogP contribution >= 0.6 is 0 Å². The monoisotopic (exact) mass is 412 g/mol. The molecule has 1 amide bonds. The highest BCUT2D eigenvalue weighted by atomic mass is 32.2. The number of rotatable bonds is 3. The summed E-state index contributed by atoms with van der Waals surface area (Å²) in [5.74, 6) is -0.346. The molecule has 8 heteroatoms. The first-order chi connectivity index (χ1) is 12.9. The Bertz CT molecular complexity index is 855. The van der Waals surface area contributed by atoms with Crippen LogP contribution in [0, 0.1) is 18.2 Å². The van der Waals surface area contributed by atoms with Crippen LogP contribution in [0.25, 0.3) is 0 Å². The van der Waals surface area contributed by atoms with E-state index in [1.807, 2.05) is 20.8 Å². The summed E-state index contributed by atoms with van der Waals surface area (Å²) >= 11 is 0. The summed E-state index contributed by atoms with van der Waals surface area (Å²) in [5.41, 5.74) is -0.733. The fourth-order valence-electron chi connectivity index (χ4n) is 3.90. The van der Waals surface area contributed by atoms with Crippen molar-refractivity contribution in [2.45, 2.75) is 57.6 Å². The predicted molar refractivity (Wildman–Crippen MR) is 104 cm³/mol. The third-order valence-corrected chi connectivity index (χ3v) is 7.36. The van der Waals surface area contributed by atoms with E-state index >= 15 is 0 Å². The molecule has 1 spiro atoms. The zero-order chi connectivity index (χ0) is 20.7. The fraction of sp³-hybridized carbons (Fsp3) is 0.650. The van der Waals surface area contributed by atoms with Gasteiger partial charge in [-0.1, -0.05) is 20.8 Å². The lowest BCUT2D eigenvalue weighted by atomic mass is 9.91. The molecule has 0 aromatic heterocycles. The number of hydrogen-bond donors (Lipinski definition) is 0. The number of benzene rings is 1. The zero-order valence-corrected chi connectivity index (χ0v) is 17.8. The van der Waals surface area contributed by atoms with Crippen molar-refractivity contribution in [2.75, 3.05) is 26.2 Å². The van der Waals surface area contributed by atoms with Crippen molar-refractivity contribution in [3.63, 3.8) is 0 Å². The van der Waals surface area contributed by atoms with Crippen LogP contribution in [0.2, 0.25) is 0 Å². The summed E-state index contributed by atoms with van der Waals surface area (Å²) < 4.78 is 47.3. The van der Waals surface area contributed by atoms with Crippen LogP contribution in [-0.2, 0) is 19.6 Å². The molecule has 1 aromatic carbocycles. The molecule has 0 bridgehead atoms. The van der Waals surface area contributed by atoms with Crippen molar-refractivity contribution >= 4 is 15.9 Å². The van der Waals surface area contributed by atoms with Crippen LogP contribution in [0.15, 0.2) is 23.1 Å². The molecular weight excluding hydrogens is 383 g/mol. The second kappa shape index (κ2) is 7.39. The van der Waals surface area contributed by atoms with Crippen LogP contribution < -0.4 is 0 Å². The van der Waals surface area contributed by atoms with Gasteiger partial charge in [-0.15, -0.1) is 0 Å². The number of piperidine rings is 1. The molecule has 2 aliphatic rings. The zero-order valence-electron chi connectivity index (χ0n) is 17.0. The van der Waals surface area contributed by atoms with Gasteiger partial charge in [0.05, 0.1) is 11.5 Å². The number of nitrogens with zero attached hydrogens (tertiary/aromatic N) is 2. The van der Waals surface area contributed by atoms with E-state index in [0.717, 1.165) is 0 Å². The molecule has 0 radical (unpaired) electrons. The Morgan fingerprint density at radius 2 is 1.86 bits per heavy atom. The number of ether oxygens (including phenoxy) is 1. The molecule has 2 aliphatic heterocycles. The first kappa shape index (κ1) is 21.2. The highest BCUT2D eigenvalue weighted by Gasteiger charge is 2.51. The van der Waals surface area contributed by atoms with Gasteiger partial charge in [0.1, 0.15) is 11.5 Å². The van der Waals surface area contributed by atoms with Gasteiger partial charge in [-0.2, -0.15) is 4.31 Å². The summed E-state index contributed by atoms with van der Waals surface area (Å²) in [4.78, 5) is 14.4. The summed E-state index contributed by atoms with van der Waals surface area (Å²) in [6.07, 6.45) is 1.32. The van der Waals surface area contributed by atoms with E-state index in [1.165, 1.54) is 22.5 Å². The number of amides is 1. The number of likely N-dealkylation sites (tertiary alicyclic amines) is 1. The normalized spacial score (nSPS) is 20.7. The average Bonchev–Trinajstić information content (AvgIpc) is 3.00. The second-order valence-electron chi connectivity index (χ2n) is 8.90. The van der Waals surface area contributed by atoms with Gasteiger partial charge in [0.25, 0.3) is 0 Å². The Labute approximate surface area is 166 Å². The van der Waals surface area contributed by atoms with Gasteiger partial charge in [0.2, 0.25) is 15.9 Å². The lowest BCUT2D eigenvalue weighted by Gasteiger charge is -2.43. The first-order valence-corrected chi connectivity index (χ1v) is 11.1. The molecule has 0 aliphatic carbocycles. The predicted octanol–water partition coefficient (Wildman–Crippen LogP) is 2.91. The molecule has 2 saturated heterocycles. The Hall–Kier alpha value is -1.51. The van der Waals surface area contributed by atoms with Gasteiger partial charge in [-0.05, 0) is 36.1 Å². The molecule has 0 atom stereocenters. The molecule has 0 saturated carbocycles. The molecule has 2 fully saturated rings. The van der Waals surface area contributed by atoms with Crippen LogP contribution in [0.4, 0.5) is 4.39 Å². The number of carbonyl (C=O) groups is 1. The van der Waals surface area contributed by atoms with Crippen molar-refractivity contribution in [2.24, 2.45) is 5.41 Å². The standard InChI is InChI=1S/C20H29FN2O4S/c1-15-13-16(5-6-17(15)21)28(25,26)23-11-12-27-20(23)7-9-22(10-8-20)18(24)14-19(2,3)4/h5-6,13H,7-12,14H2,1-4H3. The number of sulfonamides is 1. The maximum Gasteiger partial charge on any atom is 0.245 e. The van der Waals surface area contributed by atoms with Gasteiger partial charge < -0.3 is 9.64 Å². The maximum atomic E-state index is 13.6. The Morgan fingerprint density at radius 3 is 2.43 bits per heavy atom. The van der Waals surface area contributed by atoms with Gasteiger partial charge in [0.15, 0.2) is 0 Å². The number of aryl methyl sites for hydroxylation is 1. The van der Waals surface area contributed by atoms with Crippen molar-refractivity contribution < 1.29 is 22.3 Å². The highest BCUT2D eigenvalue weighted by Crippen LogP contribution is 2.39. The summed E-state index contributed by atoms with van der Waals surface area (Å²) in [7, 11) is -3.81. The van der Waals surface area contributed by atoms with E-state index < -0.39 is 21.6 Å². The van der Waals surface area contributed by atoms with Gasteiger partial charge in [-0.25, -0.2) is 12.8 Å². The van der Waals surface area contributed by atoms with E-state index in [-0.39, 0.29) is 28.3 Å². The lowest BCUT2D eigenvalue weighted by molar-refractivity contribution is -0.141. The Balaban J connectivity index is 1.78. The van der Waals surface area contributed by atoms with Crippen molar-refractivity contribution in [1.29, 1.82) is 0 Å². The SMILES string of the molecule is Cc1cc(S(=O)(=O)N2CCOC23CCN(C(=O)CC(C)(C)C)CC3)ccc1F. The molecule has 0 unspecified atom stereocenters. The molecule has 1 aromatic rings. The average molecular weight is 413 g/mol. The van der Waals surface area contributed by atoms with Crippen LogP contribution in [0.3, 0.4) is 0 Å². The molecular formula is C20H29FN2O4S. The van der Waals surface area contributed by atoms with E-state index in [4.69, 9.17) is 4.74 Å². The third-order valence-electron chi connectivity index (χ3n) is 5.42. The molecule has 6 nitrogen and oxygen atoms in total. The van der Waals surface area contributed by atoms with E-state index in [0.29, 0.717) is 39.0 Å². The van der Waals surface area contributed by atoms with Crippen molar-refractivity contribution in [1.82, 2.24) is 9.21 Å². The van der Waals surface area contributed by atoms with Gasteiger partial charge in [0, 0.05) is 38.9 Å². The molecule has 2 heterocycles. The van der Waals surface area contributed by atoms with Crippen LogP contribution in [0.1, 0.15) is 45.6 Å². The summed E-state index contributed by atoms with van der Waals surface area (Å²) in [5, 5.41) is 0. The summed E-state index contributed by atoms with van der Waals surface area (Å²) in [6, 6.07) is 3.84. The van der Waals surface area contributed by atoms with E-state index in [9.17, 15) is 17.6 Å². The van der Waals surface area contributed by atoms with Crippen LogP contribution in [0.5, 0.6) is 0 Å². The minimum absolute atomic E-state index is 0.0718. The molecule has 28 heavy (non-hydrogen) atoms. The van der Waals surface area contributed by atoms with Crippen molar-refractivity contribution in [3.05, 3.63) is 29.6 Å². The molecule has 156 valence electrons. The van der Waals surface area contributed by atoms with Gasteiger partial charge in [-0.3, -0.25) is 4.79 Å². The topological polar surface area (TPSA) is 66.9 Å². The van der Waals surface area contributed by atoms with Gasteiger partial charge >= 0.3 is 0 Å². The maximum absolute atomic E-state index is 13.6. The Kier molecular flexibility index (Phi) is 5.59. The number of carbonyl (C=O) groups excluding carboxylic acids is 1. The smallest absolute Gasteiger partial charge is 0.245 e. The molecule has 3 rings (SSSR count). The van der Waals surface area contributed by atoms with E-state index in [2.05, 4.69) is 0 Å². The quantitative estimate of drug-likeness (QED) is 0.766. The second-order valence-corrected chi connectivity index (χ2v) is 10.8. The fourth-order valence-corrected chi connectivity index (χ4v) is 5.71. The number of halogens is 1. The largest absolute Gasteiger partial charge is 0.358 e. The van der Waals surface area contributed by atoms with E-state index in [1.54, 1.807) is 11.8 Å². The first-order valence-electron chi connectivity index (χ1n) is 9.65. The van der Waals surface area contributed by atoms with Crippen molar-refractivity contribution in [3.8, 4) is 0 Å². The lowest BCUT2D eigenvalue weighted by Crippen LogP contribution is -2.55. The summed E-state index contributed by atoms with van der Waals surface area (Å²) in [6.45, 7) is 9.11.